The van der Waals surface area contributed by atoms with Gasteiger partial charge in [0.2, 0.25) is 0 Å². The summed E-state index contributed by atoms with van der Waals surface area (Å²) in [6.07, 6.45) is 87.4. The van der Waals surface area contributed by atoms with Gasteiger partial charge >= 0.3 is 17.9 Å². The number of allylic oxidation sites excluding steroid dienone is 16. The second kappa shape index (κ2) is 64.9. The molecular weight excluding hydrogens is 949 g/mol. The van der Waals surface area contributed by atoms with Gasteiger partial charge in [-0.05, 0) is 109 Å². The van der Waals surface area contributed by atoms with Crippen molar-refractivity contribution < 1.29 is 28.6 Å². The van der Waals surface area contributed by atoms with Gasteiger partial charge in [0, 0.05) is 19.3 Å². The quantitative estimate of drug-likeness (QED) is 0.0261. The van der Waals surface area contributed by atoms with Crippen LogP contribution in [-0.2, 0) is 28.6 Å². The van der Waals surface area contributed by atoms with Gasteiger partial charge in [0.15, 0.2) is 6.10 Å². The molecule has 0 aromatic rings. The van der Waals surface area contributed by atoms with Crippen LogP contribution in [0.1, 0.15) is 316 Å². The molecule has 0 aromatic carbocycles. The molecule has 0 N–H and O–H groups in total. The fourth-order valence-corrected chi connectivity index (χ4v) is 9.17. The lowest BCUT2D eigenvalue weighted by Crippen LogP contribution is -2.30. The molecule has 0 heterocycles. The third-order valence-electron chi connectivity index (χ3n) is 14.1. The van der Waals surface area contributed by atoms with E-state index in [0.717, 1.165) is 96.3 Å². The number of ether oxygens (including phenoxy) is 3. The van der Waals surface area contributed by atoms with E-state index in [-0.39, 0.29) is 37.5 Å². The van der Waals surface area contributed by atoms with Crippen molar-refractivity contribution in [3.05, 3.63) is 97.2 Å². The van der Waals surface area contributed by atoms with Crippen molar-refractivity contribution in [2.24, 2.45) is 0 Å². The van der Waals surface area contributed by atoms with Gasteiger partial charge in [-0.2, -0.15) is 0 Å². The fraction of sp³-hybridized carbons (Fsp3) is 0.732. The van der Waals surface area contributed by atoms with Crippen LogP contribution in [0.25, 0.3) is 0 Å². The maximum Gasteiger partial charge on any atom is 0.306 e. The lowest BCUT2D eigenvalue weighted by Gasteiger charge is -2.18. The van der Waals surface area contributed by atoms with Crippen LogP contribution in [0.2, 0.25) is 0 Å². The minimum Gasteiger partial charge on any atom is -0.462 e. The average Bonchev–Trinajstić information content (AvgIpc) is 3.43. The zero-order valence-electron chi connectivity index (χ0n) is 50.7. The van der Waals surface area contributed by atoms with Crippen LogP contribution in [0.3, 0.4) is 0 Å². The predicted octanol–water partition coefficient (Wildman–Crippen LogP) is 22.4. The lowest BCUT2D eigenvalue weighted by molar-refractivity contribution is -0.166. The molecule has 0 rings (SSSR count). The summed E-state index contributed by atoms with van der Waals surface area (Å²) in [6, 6.07) is 0. The maximum absolute atomic E-state index is 12.9. The molecule has 0 amide bonds. The van der Waals surface area contributed by atoms with Crippen LogP contribution in [0.15, 0.2) is 97.2 Å². The number of carbonyl (C=O) groups excluding carboxylic acids is 3. The van der Waals surface area contributed by atoms with Gasteiger partial charge in [0.05, 0.1) is 0 Å². The summed E-state index contributed by atoms with van der Waals surface area (Å²) in [5.74, 6) is -0.994. The van der Waals surface area contributed by atoms with Crippen molar-refractivity contribution in [2.45, 2.75) is 322 Å². The molecule has 0 fully saturated rings. The van der Waals surface area contributed by atoms with Gasteiger partial charge < -0.3 is 14.2 Å². The number of rotatable bonds is 59. The summed E-state index contributed by atoms with van der Waals surface area (Å²) < 4.78 is 16.8. The number of hydrogen-bond donors (Lipinski definition) is 0. The predicted molar refractivity (Wildman–Crippen MR) is 334 cm³/mol. The Hall–Kier alpha value is -3.67. The summed E-state index contributed by atoms with van der Waals surface area (Å²) in [7, 11) is 0. The Morgan fingerprint density at radius 1 is 0.273 bits per heavy atom. The first-order chi connectivity index (χ1) is 38.0. The largest absolute Gasteiger partial charge is 0.462 e. The summed E-state index contributed by atoms with van der Waals surface area (Å²) in [5, 5.41) is 0. The molecule has 442 valence electrons. The van der Waals surface area contributed by atoms with Crippen LogP contribution in [0.5, 0.6) is 0 Å². The first-order valence-electron chi connectivity index (χ1n) is 32.7. The van der Waals surface area contributed by atoms with Gasteiger partial charge in [-0.15, -0.1) is 0 Å². The molecule has 0 spiro atoms. The van der Waals surface area contributed by atoms with Crippen LogP contribution in [0, 0.1) is 0 Å². The van der Waals surface area contributed by atoms with Gasteiger partial charge in [-0.1, -0.05) is 285 Å². The molecule has 6 nitrogen and oxygen atoms in total. The highest BCUT2D eigenvalue weighted by molar-refractivity contribution is 5.71. The topological polar surface area (TPSA) is 78.9 Å². The third-order valence-corrected chi connectivity index (χ3v) is 14.1. The van der Waals surface area contributed by atoms with E-state index < -0.39 is 6.10 Å². The third kappa shape index (κ3) is 63.0. The van der Waals surface area contributed by atoms with E-state index >= 15 is 0 Å². The standard InChI is InChI=1S/C71H122O6/c1-4-7-10-13-16-19-22-25-27-28-29-30-31-32-33-34-35-36-37-38-39-40-41-42-44-46-49-52-55-58-61-64-70(73)76-67-68(66-75-69(72)63-60-57-54-51-48-45-24-21-18-15-12-9-6-3)77-71(74)65-62-59-56-53-50-47-43-26-23-20-17-14-11-8-5-2/h9,12,17-18,20-22,25-26,28-29,43,45,48,54,57,68H,4-8,10-11,13-16,19,23-24,27,30-42,44,46-47,49-53,55-56,58-67H2,1-3H3/b12-9-,20-17-,21-18-,25-22-,29-28-,43-26-,48-45-,57-54-. The highest BCUT2D eigenvalue weighted by Crippen LogP contribution is 2.17. The molecule has 0 bridgehead atoms. The summed E-state index contributed by atoms with van der Waals surface area (Å²) in [6.45, 7) is 6.43. The molecule has 0 saturated carbocycles. The minimum atomic E-state index is -0.814. The Morgan fingerprint density at radius 3 is 0.896 bits per heavy atom. The zero-order chi connectivity index (χ0) is 55.7. The summed E-state index contributed by atoms with van der Waals surface area (Å²) in [4.78, 5) is 38.2. The smallest absolute Gasteiger partial charge is 0.306 e. The van der Waals surface area contributed by atoms with E-state index in [1.54, 1.807) is 0 Å². The van der Waals surface area contributed by atoms with Crippen LogP contribution in [-0.4, -0.2) is 37.2 Å². The van der Waals surface area contributed by atoms with Crippen molar-refractivity contribution in [3.8, 4) is 0 Å². The van der Waals surface area contributed by atoms with E-state index in [1.165, 1.54) is 173 Å². The Bertz CT molecular complexity index is 1510. The van der Waals surface area contributed by atoms with E-state index in [1.807, 2.05) is 6.08 Å². The fourth-order valence-electron chi connectivity index (χ4n) is 9.17. The minimum absolute atomic E-state index is 0.103. The normalized spacial score (nSPS) is 12.7. The number of carbonyl (C=O) groups is 3. The van der Waals surface area contributed by atoms with E-state index in [2.05, 4.69) is 112 Å². The molecule has 1 unspecified atom stereocenters. The Labute approximate surface area is 477 Å². The summed E-state index contributed by atoms with van der Waals surface area (Å²) in [5.41, 5.74) is 0. The maximum atomic E-state index is 12.9. The SMILES string of the molecule is CC/C=C\C/C=C\C/C=C\C/C=C\CCC(=O)OCC(COC(=O)CCCCCCCCCCCCCCCCCCCCC/C=C\C/C=C\CCCCCCC)OC(=O)CCCCCCC/C=C\C/C=C\CCCCC. The molecule has 0 aliphatic carbocycles. The van der Waals surface area contributed by atoms with Crippen LogP contribution < -0.4 is 0 Å². The van der Waals surface area contributed by atoms with E-state index in [9.17, 15) is 14.4 Å². The number of esters is 3. The highest BCUT2D eigenvalue weighted by Gasteiger charge is 2.19. The molecule has 0 saturated heterocycles. The second-order valence-electron chi connectivity index (χ2n) is 21.6. The van der Waals surface area contributed by atoms with Crippen LogP contribution >= 0.6 is 0 Å². The van der Waals surface area contributed by atoms with Crippen molar-refractivity contribution in [3.63, 3.8) is 0 Å². The zero-order valence-corrected chi connectivity index (χ0v) is 50.7. The highest BCUT2D eigenvalue weighted by atomic mass is 16.6. The number of hydrogen-bond acceptors (Lipinski definition) is 6. The molecule has 0 aromatic heterocycles. The van der Waals surface area contributed by atoms with E-state index in [4.69, 9.17) is 14.2 Å². The monoisotopic (exact) mass is 1070 g/mol. The van der Waals surface area contributed by atoms with Crippen molar-refractivity contribution in [1.29, 1.82) is 0 Å². The molecule has 0 aliphatic heterocycles. The molecule has 0 aliphatic rings. The Morgan fingerprint density at radius 2 is 0.532 bits per heavy atom. The molecule has 77 heavy (non-hydrogen) atoms. The Kier molecular flexibility index (Phi) is 61.8. The van der Waals surface area contributed by atoms with E-state index in [0.29, 0.717) is 19.3 Å². The summed E-state index contributed by atoms with van der Waals surface area (Å²) >= 11 is 0. The number of unbranched alkanes of at least 4 members (excludes halogenated alkanes) is 32. The van der Waals surface area contributed by atoms with Gasteiger partial charge in [0.25, 0.3) is 0 Å². The van der Waals surface area contributed by atoms with Crippen molar-refractivity contribution in [2.75, 3.05) is 13.2 Å². The lowest BCUT2D eigenvalue weighted by atomic mass is 10.0. The molecule has 1 atom stereocenters. The first-order valence-corrected chi connectivity index (χ1v) is 32.7. The Balaban J connectivity index is 4.21. The van der Waals surface area contributed by atoms with Crippen molar-refractivity contribution in [1.82, 2.24) is 0 Å². The van der Waals surface area contributed by atoms with Gasteiger partial charge in [-0.3, -0.25) is 14.4 Å². The molecule has 0 radical (unpaired) electrons. The van der Waals surface area contributed by atoms with Gasteiger partial charge in [0.1, 0.15) is 13.2 Å². The molecular formula is C71H122O6. The van der Waals surface area contributed by atoms with Gasteiger partial charge in [-0.25, -0.2) is 0 Å². The molecule has 6 heteroatoms. The first kappa shape index (κ1) is 73.3. The average molecular weight is 1070 g/mol. The van der Waals surface area contributed by atoms with Crippen molar-refractivity contribution >= 4 is 17.9 Å². The van der Waals surface area contributed by atoms with Crippen LogP contribution in [0.4, 0.5) is 0 Å². The second-order valence-corrected chi connectivity index (χ2v) is 21.6.